The fraction of sp³-hybridized carbons (Fsp3) is 0.268. The van der Waals surface area contributed by atoms with Gasteiger partial charge >= 0.3 is 11.9 Å². The molecule has 4 aromatic heterocycles. The van der Waals surface area contributed by atoms with Crippen LogP contribution >= 0.6 is 0 Å². The van der Waals surface area contributed by atoms with E-state index in [1.807, 2.05) is 60.7 Å². The van der Waals surface area contributed by atoms with Crippen molar-refractivity contribution >= 4 is 33.7 Å². The number of para-hydroxylation sites is 2. The molecule has 14 heteroatoms. The molecule has 2 unspecified atom stereocenters. The lowest BCUT2D eigenvalue weighted by Gasteiger charge is -2.37. The minimum Gasteiger partial charge on any atom is -0.429 e. The van der Waals surface area contributed by atoms with Gasteiger partial charge in [-0.15, -0.1) is 0 Å². The minimum absolute atomic E-state index is 0.0207. The fourth-order valence-corrected chi connectivity index (χ4v) is 8.31. The maximum absolute atomic E-state index is 14.3. The molecule has 0 fully saturated rings. The average Bonchev–Trinajstić information content (AvgIpc) is 3.74. The van der Waals surface area contributed by atoms with Gasteiger partial charge in [0.15, 0.2) is 18.0 Å². The van der Waals surface area contributed by atoms with Crippen LogP contribution in [0.3, 0.4) is 0 Å². The lowest BCUT2D eigenvalue weighted by Crippen LogP contribution is -2.47. The third-order valence-electron chi connectivity index (χ3n) is 11.4. The van der Waals surface area contributed by atoms with Gasteiger partial charge in [0.05, 0.1) is 58.0 Å². The number of aromatic nitrogens is 4. The van der Waals surface area contributed by atoms with Crippen LogP contribution in [0.5, 0.6) is 0 Å². The molecule has 0 saturated heterocycles. The van der Waals surface area contributed by atoms with Gasteiger partial charge < -0.3 is 38.3 Å². The lowest BCUT2D eigenvalue weighted by atomic mass is 9.85. The van der Waals surface area contributed by atoms with Crippen LogP contribution < -0.4 is 11.1 Å². The van der Waals surface area contributed by atoms with Crippen molar-refractivity contribution in [2.75, 3.05) is 6.79 Å². The summed E-state index contributed by atoms with van der Waals surface area (Å²) in [4.78, 5) is 64.9. The number of nitrogens with zero attached hydrogens (tertiary/aromatic N) is 4. The SMILES string of the molecule is CC[C@@]1(O)C(=O)OC(OCOC2OC(=O)[C@](O)(CC)c3cc4n(c(=O)c32)Cc2cc3ccccc3nc2-4)c2c1cc1n(c2=O)Cc2cc3ccccc3nc2-1. The number of carbonyl (C=O) groups is 2. The summed E-state index contributed by atoms with van der Waals surface area (Å²) >= 11 is 0. The summed E-state index contributed by atoms with van der Waals surface area (Å²) in [6.07, 6.45) is -3.45. The number of ether oxygens (including phenoxy) is 4. The summed E-state index contributed by atoms with van der Waals surface area (Å²) in [7, 11) is 0. The number of carbonyl (C=O) groups excluding carboxylic acids is 2. The number of benzene rings is 2. The Kier molecular flexibility index (Phi) is 7.14. The zero-order chi connectivity index (χ0) is 38.0. The molecular weight excluding hydrogens is 708 g/mol. The van der Waals surface area contributed by atoms with E-state index in [4.69, 9.17) is 28.9 Å². The fourth-order valence-electron chi connectivity index (χ4n) is 8.31. The molecule has 14 nitrogen and oxygen atoms in total. The number of esters is 2. The number of pyridine rings is 4. The van der Waals surface area contributed by atoms with Crippen LogP contribution in [0.2, 0.25) is 0 Å². The molecule has 0 amide bonds. The molecule has 2 aromatic carbocycles. The summed E-state index contributed by atoms with van der Waals surface area (Å²) in [5.74, 6) is -2.06. The van der Waals surface area contributed by atoms with Gasteiger partial charge in [0, 0.05) is 33.0 Å². The van der Waals surface area contributed by atoms with E-state index in [1.54, 1.807) is 26.0 Å². The van der Waals surface area contributed by atoms with Crippen molar-refractivity contribution in [2.24, 2.45) is 0 Å². The van der Waals surface area contributed by atoms with Gasteiger partial charge in [-0.2, -0.15) is 0 Å². The van der Waals surface area contributed by atoms with Crippen LogP contribution in [0.25, 0.3) is 44.6 Å². The number of aliphatic hydroxyl groups is 2. The second-order valence-corrected chi connectivity index (χ2v) is 14.2. The Bertz CT molecular complexity index is 2640. The second kappa shape index (κ2) is 11.7. The van der Waals surface area contributed by atoms with Gasteiger partial charge in [-0.3, -0.25) is 9.59 Å². The van der Waals surface area contributed by atoms with Crippen molar-refractivity contribution in [3.63, 3.8) is 0 Å². The van der Waals surface area contributed by atoms with Crippen molar-refractivity contribution in [3.05, 3.63) is 127 Å². The van der Waals surface area contributed by atoms with Crippen molar-refractivity contribution in [1.82, 2.24) is 19.1 Å². The zero-order valence-corrected chi connectivity index (χ0v) is 29.6. The van der Waals surface area contributed by atoms with Crippen molar-refractivity contribution in [3.8, 4) is 22.8 Å². The highest BCUT2D eigenvalue weighted by molar-refractivity contribution is 5.88. The molecular formula is C41H32N4O10. The van der Waals surface area contributed by atoms with Gasteiger partial charge in [0.25, 0.3) is 11.1 Å². The normalized spacial score (nSPS) is 23.1. The summed E-state index contributed by atoms with van der Waals surface area (Å²) in [5.41, 5.74) is -0.555. The molecule has 0 spiro atoms. The molecule has 55 heavy (non-hydrogen) atoms. The molecule has 8 heterocycles. The monoisotopic (exact) mass is 740 g/mol. The third-order valence-corrected chi connectivity index (χ3v) is 11.4. The van der Waals surface area contributed by atoms with Crippen molar-refractivity contribution < 1.29 is 38.7 Å². The largest absolute Gasteiger partial charge is 0.429 e. The van der Waals surface area contributed by atoms with E-state index < -0.39 is 53.6 Å². The van der Waals surface area contributed by atoms with E-state index in [1.165, 1.54) is 9.13 Å². The van der Waals surface area contributed by atoms with Crippen LogP contribution in [0, 0.1) is 0 Å². The predicted octanol–water partition coefficient (Wildman–Crippen LogP) is 4.16. The van der Waals surface area contributed by atoms with Crippen LogP contribution in [0.4, 0.5) is 0 Å². The van der Waals surface area contributed by atoms with Gasteiger partial charge in [0.1, 0.15) is 0 Å². The molecule has 0 saturated carbocycles. The summed E-state index contributed by atoms with van der Waals surface area (Å²) in [6.45, 7) is 2.84. The van der Waals surface area contributed by atoms with E-state index in [0.717, 1.165) is 32.9 Å². The van der Waals surface area contributed by atoms with E-state index in [2.05, 4.69) is 0 Å². The highest BCUT2D eigenvalue weighted by Gasteiger charge is 2.51. The highest BCUT2D eigenvalue weighted by Crippen LogP contribution is 2.44. The number of rotatable bonds is 6. The Balaban J connectivity index is 0.999. The van der Waals surface area contributed by atoms with Crippen LogP contribution in [0.1, 0.15) is 72.6 Å². The van der Waals surface area contributed by atoms with E-state index in [-0.39, 0.29) is 48.2 Å². The predicted molar refractivity (Wildman–Crippen MR) is 194 cm³/mol. The van der Waals surface area contributed by atoms with E-state index in [0.29, 0.717) is 22.8 Å². The number of hydrogen-bond donors (Lipinski definition) is 2. The Morgan fingerprint density at radius 1 is 0.673 bits per heavy atom. The Morgan fingerprint density at radius 2 is 1.09 bits per heavy atom. The summed E-state index contributed by atoms with van der Waals surface area (Å²) in [5, 5.41) is 25.0. The summed E-state index contributed by atoms with van der Waals surface area (Å²) in [6, 6.07) is 22.2. The molecule has 0 bridgehead atoms. The third kappa shape index (κ3) is 4.62. The molecule has 0 aliphatic carbocycles. The standard InChI is InChI=1S/C41H32N4O10/c1-3-40(50)24-15-28-32-22(13-20-9-5-7-11-26(20)42-32)17-44(28)34(46)30(24)36(54-38(40)48)52-19-53-37-31-25(41(51,4-2)39(49)55-37)16-29-33-23(18-45(29)35(31)47)14-21-10-6-8-12-27(21)43-33/h5-16,36-37,50-51H,3-4,17-19H2,1-2H3/t36?,37?,40-,41-/m0/s1. The number of fused-ring (bicyclic) bond motifs is 10. The topological polar surface area (TPSA) is 181 Å². The molecule has 2 N–H and O–H groups in total. The Labute approximate surface area is 311 Å². The minimum atomic E-state index is -2.15. The quantitative estimate of drug-likeness (QED) is 0.184. The highest BCUT2D eigenvalue weighted by atomic mass is 16.8. The summed E-state index contributed by atoms with van der Waals surface area (Å²) < 4.78 is 25.8. The van der Waals surface area contributed by atoms with Gasteiger partial charge in [0.2, 0.25) is 12.6 Å². The lowest BCUT2D eigenvalue weighted by molar-refractivity contribution is -0.263. The molecule has 4 aliphatic heterocycles. The van der Waals surface area contributed by atoms with Crippen molar-refractivity contribution in [2.45, 2.75) is 63.6 Å². The smallest absolute Gasteiger partial charge is 0.345 e. The molecule has 6 aromatic rings. The number of hydrogen-bond acceptors (Lipinski definition) is 12. The van der Waals surface area contributed by atoms with Crippen LogP contribution in [-0.2, 0) is 52.8 Å². The molecule has 0 radical (unpaired) electrons. The van der Waals surface area contributed by atoms with Crippen LogP contribution in [0.15, 0.2) is 82.4 Å². The first-order chi connectivity index (χ1) is 26.5. The van der Waals surface area contributed by atoms with Crippen molar-refractivity contribution in [1.29, 1.82) is 0 Å². The number of cyclic esters (lactones) is 2. The first-order valence-electron chi connectivity index (χ1n) is 18.0. The van der Waals surface area contributed by atoms with E-state index >= 15 is 0 Å². The Morgan fingerprint density at radius 3 is 1.51 bits per heavy atom. The molecule has 10 rings (SSSR count). The molecule has 276 valence electrons. The van der Waals surface area contributed by atoms with E-state index in [9.17, 15) is 29.4 Å². The van der Waals surface area contributed by atoms with Gasteiger partial charge in [-0.05, 0) is 49.2 Å². The Hall–Kier alpha value is -6.06. The van der Waals surface area contributed by atoms with Crippen LogP contribution in [-0.4, -0.2) is 48.0 Å². The maximum atomic E-state index is 14.3. The molecule has 4 aliphatic rings. The molecule has 4 atom stereocenters. The first kappa shape index (κ1) is 33.5. The van der Waals surface area contributed by atoms with Gasteiger partial charge in [-0.25, -0.2) is 19.6 Å². The zero-order valence-electron chi connectivity index (χ0n) is 29.6. The first-order valence-corrected chi connectivity index (χ1v) is 18.0. The van der Waals surface area contributed by atoms with Gasteiger partial charge in [-0.1, -0.05) is 50.2 Å². The maximum Gasteiger partial charge on any atom is 0.345 e. The average molecular weight is 741 g/mol. The second-order valence-electron chi connectivity index (χ2n) is 14.2.